The fourth-order valence-corrected chi connectivity index (χ4v) is 5.51. The third kappa shape index (κ3) is 5.03. The summed E-state index contributed by atoms with van der Waals surface area (Å²) < 4.78 is 58.0. The summed E-state index contributed by atoms with van der Waals surface area (Å²) in [6.07, 6.45) is -5.08. The molecule has 11 heteroatoms. The van der Waals surface area contributed by atoms with Gasteiger partial charge < -0.3 is 9.52 Å². The van der Waals surface area contributed by atoms with E-state index in [-0.39, 0.29) is 17.9 Å². The highest BCUT2D eigenvalue weighted by molar-refractivity contribution is 7.98. The molecule has 0 fully saturated rings. The molecule has 0 aliphatic carbocycles. The number of rotatable bonds is 6. The lowest BCUT2D eigenvalue weighted by Crippen LogP contribution is -2.07. The van der Waals surface area contributed by atoms with E-state index in [1.165, 1.54) is 29.2 Å². The van der Waals surface area contributed by atoms with Gasteiger partial charge in [-0.3, -0.25) is 4.79 Å². The highest BCUT2D eigenvalue weighted by Gasteiger charge is 2.34. The maximum absolute atomic E-state index is 14.0. The predicted molar refractivity (Wildman–Crippen MR) is 117 cm³/mol. The Bertz CT molecular complexity index is 1360. The molecule has 0 atom stereocenters. The number of hydrogen-bond acceptors (Lipinski definition) is 6. The van der Waals surface area contributed by atoms with Gasteiger partial charge in [0.1, 0.15) is 22.8 Å². The van der Waals surface area contributed by atoms with Gasteiger partial charge in [0, 0.05) is 21.1 Å². The van der Waals surface area contributed by atoms with Crippen molar-refractivity contribution in [1.82, 2.24) is 9.97 Å². The van der Waals surface area contributed by atoms with Crippen molar-refractivity contribution in [2.24, 2.45) is 0 Å². The van der Waals surface area contributed by atoms with Crippen molar-refractivity contribution in [1.29, 1.82) is 0 Å². The Morgan fingerprint density at radius 2 is 1.94 bits per heavy atom. The van der Waals surface area contributed by atoms with E-state index in [4.69, 9.17) is 9.52 Å². The quantitative estimate of drug-likeness (QED) is 0.238. The van der Waals surface area contributed by atoms with Crippen LogP contribution in [0.15, 0.2) is 39.6 Å². The van der Waals surface area contributed by atoms with Gasteiger partial charge >= 0.3 is 12.1 Å². The topological polar surface area (TPSA) is 76.2 Å². The van der Waals surface area contributed by atoms with Gasteiger partial charge in [-0.25, -0.2) is 14.4 Å². The van der Waals surface area contributed by atoms with Crippen molar-refractivity contribution in [3.05, 3.63) is 63.7 Å². The van der Waals surface area contributed by atoms with E-state index >= 15 is 0 Å². The smallest absolute Gasteiger partial charge is 0.419 e. The number of aryl methyl sites for hydroxylation is 2. The zero-order valence-corrected chi connectivity index (χ0v) is 18.9. The SMILES string of the molecule is Cc1cc(SCc2sc(-c3ccc(C(F)(F)F)c(F)c3)nc2C)c2nc(CC(=O)O)oc2c1. The minimum absolute atomic E-state index is 0.116. The average molecular weight is 497 g/mol. The second-order valence-corrected chi connectivity index (χ2v) is 9.40. The first kappa shape index (κ1) is 23.2. The lowest BCUT2D eigenvalue weighted by atomic mass is 10.1. The number of halogens is 4. The molecule has 4 rings (SSSR count). The van der Waals surface area contributed by atoms with E-state index in [0.29, 0.717) is 27.6 Å². The molecule has 0 amide bonds. The summed E-state index contributed by atoms with van der Waals surface area (Å²) in [4.78, 5) is 21.3. The number of hydrogen-bond donors (Lipinski definition) is 1. The summed E-state index contributed by atoms with van der Waals surface area (Å²) >= 11 is 2.73. The van der Waals surface area contributed by atoms with Gasteiger partial charge in [-0.15, -0.1) is 23.1 Å². The summed E-state index contributed by atoms with van der Waals surface area (Å²) in [7, 11) is 0. The van der Waals surface area contributed by atoms with Crippen LogP contribution in [0.5, 0.6) is 0 Å². The van der Waals surface area contributed by atoms with E-state index in [1.54, 1.807) is 13.0 Å². The van der Waals surface area contributed by atoms with Crippen LogP contribution in [0.2, 0.25) is 0 Å². The summed E-state index contributed by atoms with van der Waals surface area (Å²) in [5, 5.41) is 9.40. The molecule has 0 saturated carbocycles. The molecular formula is C22H16F4N2O3S2. The number of benzene rings is 2. The Morgan fingerprint density at radius 3 is 2.61 bits per heavy atom. The van der Waals surface area contributed by atoms with E-state index in [0.717, 1.165) is 27.5 Å². The first-order chi connectivity index (χ1) is 15.5. The Hall–Kier alpha value is -2.92. The summed E-state index contributed by atoms with van der Waals surface area (Å²) in [5.74, 6) is -1.77. The molecule has 5 nitrogen and oxygen atoms in total. The second kappa shape index (κ2) is 8.79. The van der Waals surface area contributed by atoms with Crippen LogP contribution < -0.4 is 0 Å². The first-order valence-corrected chi connectivity index (χ1v) is 11.4. The van der Waals surface area contributed by atoms with E-state index in [1.807, 2.05) is 13.0 Å². The summed E-state index contributed by atoms with van der Waals surface area (Å²) in [6.45, 7) is 3.67. The van der Waals surface area contributed by atoms with Gasteiger partial charge in [0.15, 0.2) is 5.58 Å². The fourth-order valence-electron chi connectivity index (χ4n) is 3.20. The Balaban J connectivity index is 1.58. The molecule has 2 aromatic heterocycles. The standard InChI is InChI=1S/C22H16F4N2O3S2/c1-10-5-15-20(28-18(31-15)8-19(29)30)16(6-10)32-9-17-11(2)27-21(33-17)12-3-4-13(14(23)7-12)22(24,25)26/h3-7H,8-9H2,1-2H3,(H,29,30). The molecule has 0 spiro atoms. The van der Waals surface area contributed by atoms with Crippen LogP contribution in [0.4, 0.5) is 17.6 Å². The maximum atomic E-state index is 14.0. The first-order valence-electron chi connectivity index (χ1n) is 9.59. The molecule has 0 aliphatic rings. The Kier molecular flexibility index (Phi) is 6.19. The molecule has 33 heavy (non-hydrogen) atoms. The molecule has 0 bridgehead atoms. The molecular weight excluding hydrogens is 480 g/mol. The number of alkyl halides is 3. The zero-order chi connectivity index (χ0) is 23.9. The highest BCUT2D eigenvalue weighted by atomic mass is 32.2. The number of thiazole rings is 1. The van der Waals surface area contributed by atoms with E-state index in [2.05, 4.69) is 9.97 Å². The van der Waals surface area contributed by atoms with Gasteiger partial charge in [-0.1, -0.05) is 6.07 Å². The van der Waals surface area contributed by atoms with Crippen molar-refractivity contribution < 1.29 is 31.9 Å². The maximum Gasteiger partial charge on any atom is 0.419 e. The molecule has 4 aromatic rings. The number of carboxylic acid groups (broad SMARTS) is 1. The van der Waals surface area contributed by atoms with Gasteiger partial charge in [0.25, 0.3) is 0 Å². The Labute approximate surface area is 193 Å². The fraction of sp³-hybridized carbons (Fsp3) is 0.227. The van der Waals surface area contributed by atoms with Crippen LogP contribution in [0.25, 0.3) is 21.7 Å². The molecule has 1 N–H and O–H groups in total. The van der Waals surface area contributed by atoms with E-state index < -0.39 is 23.5 Å². The third-order valence-corrected chi connectivity index (χ3v) is 7.17. The number of oxazole rings is 1. The third-order valence-electron chi connectivity index (χ3n) is 4.72. The lowest BCUT2D eigenvalue weighted by molar-refractivity contribution is -0.140. The average Bonchev–Trinajstić information content (AvgIpc) is 3.27. The van der Waals surface area contributed by atoms with Crippen molar-refractivity contribution in [2.75, 3.05) is 0 Å². The summed E-state index contributed by atoms with van der Waals surface area (Å²) in [6, 6.07) is 6.49. The Morgan fingerprint density at radius 1 is 1.18 bits per heavy atom. The van der Waals surface area contributed by atoms with Gasteiger partial charge in [-0.05, 0) is 43.7 Å². The van der Waals surface area contributed by atoms with Gasteiger partial charge in [-0.2, -0.15) is 13.2 Å². The number of fused-ring (bicyclic) bond motifs is 1. The number of aliphatic carboxylic acids is 1. The minimum atomic E-state index is -4.76. The zero-order valence-electron chi connectivity index (χ0n) is 17.3. The minimum Gasteiger partial charge on any atom is -0.481 e. The van der Waals surface area contributed by atoms with Crippen LogP contribution >= 0.6 is 23.1 Å². The number of carboxylic acids is 1. The normalized spacial score (nSPS) is 11.9. The molecule has 2 heterocycles. The predicted octanol–water partition coefficient (Wildman–Crippen LogP) is 6.65. The number of nitrogens with zero attached hydrogens (tertiary/aromatic N) is 2. The molecule has 0 aliphatic heterocycles. The van der Waals surface area contributed by atoms with Crippen molar-refractivity contribution in [3.63, 3.8) is 0 Å². The summed E-state index contributed by atoms with van der Waals surface area (Å²) in [5.41, 5.74) is 1.64. The van der Waals surface area contributed by atoms with Crippen LogP contribution in [0.3, 0.4) is 0 Å². The van der Waals surface area contributed by atoms with Crippen LogP contribution in [-0.2, 0) is 23.1 Å². The van der Waals surface area contributed by atoms with E-state index in [9.17, 15) is 22.4 Å². The van der Waals surface area contributed by atoms with Crippen LogP contribution in [-0.4, -0.2) is 21.0 Å². The molecule has 2 aromatic carbocycles. The molecule has 0 unspecified atom stereocenters. The highest BCUT2D eigenvalue weighted by Crippen LogP contribution is 2.38. The van der Waals surface area contributed by atoms with Crippen molar-refractivity contribution in [2.45, 2.75) is 37.1 Å². The molecule has 0 radical (unpaired) electrons. The number of aromatic nitrogens is 2. The lowest BCUT2D eigenvalue weighted by Gasteiger charge is -2.08. The van der Waals surface area contributed by atoms with Crippen LogP contribution in [0, 0.1) is 19.7 Å². The number of thioether (sulfide) groups is 1. The molecule has 0 saturated heterocycles. The number of carbonyl (C=O) groups is 1. The largest absolute Gasteiger partial charge is 0.481 e. The van der Waals surface area contributed by atoms with Crippen LogP contribution in [0.1, 0.15) is 27.6 Å². The van der Waals surface area contributed by atoms with Gasteiger partial charge in [0.05, 0.1) is 11.3 Å². The monoisotopic (exact) mass is 496 g/mol. The van der Waals surface area contributed by atoms with Crippen molar-refractivity contribution >= 4 is 40.2 Å². The molecule has 172 valence electrons. The van der Waals surface area contributed by atoms with Crippen molar-refractivity contribution in [3.8, 4) is 10.6 Å². The second-order valence-electron chi connectivity index (χ2n) is 7.30. The van der Waals surface area contributed by atoms with Gasteiger partial charge in [0.2, 0.25) is 5.89 Å².